The fourth-order valence-corrected chi connectivity index (χ4v) is 3.12. The minimum atomic E-state index is -0.474. The van der Waals surface area contributed by atoms with Crippen LogP contribution in [0.5, 0.6) is 0 Å². The summed E-state index contributed by atoms with van der Waals surface area (Å²) in [5.41, 5.74) is -1.90. The van der Waals surface area contributed by atoms with E-state index in [-0.39, 0.29) is 21.5 Å². The molecule has 0 aliphatic carbocycles. The Bertz CT molecular complexity index is 1120. The average molecular weight is 294 g/mol. The summed E-state index contributed by atoms with van der Waals surface area (Å²) in [6.45, 7) is 0. The summed E-state index contributed by atoms with van der Waals surface area (Å²) in [5, 5.41) is 1.84. The Hall–Kier alpha value is -3.02. The largest absolute Gasteiger partial charge is 0.277 e. The van der Waals surface area contributed by atoms with E-state index < -0.39 is 22.2 Å². The van der Waals surface area contributed by atoms with Crippen LogP contribution >= 0.6 is 0 Å². The van der Waals surface area contributed by atoms with Crippen molar-refractivity contribution in [2.75, 3.05) is 0 Å². The van der Waals surface area contributed by atoms with Gasteiger partial charge in [0.05, 0.1) is 0 Å². The van der Waals surface area contributed by atoms with Gasteiger partial charge in [0.15, 0.2) is 0 Å². The molecular formula is C16H10N2O4. The minimum Gasteiger partial charge on any atom is -0.277 e. The number of rotatable bonds is 0. The van der Waals surface area contributed by atoms with Crippen molar-refractivity contribution in [2.24, 2.45) is 14.1 Å². The topological polar surface area (TPSA) is 78.1 Å². The van der Waals surface area contributed by atoms with Crippen molar-refractivity contribution in [1.82, 2.24) is 9.13 Å². The number of benzene rings is 2. The van der Waals surface area contributed by atoms with Crippen molar-refractivity contribution in [3.05, 3.63) is 65.7 Å². The predicted molar refractivity (Wildman–Crippen MR) is 84.4 cm³/mol. The molecule has 0 aliphatic heterocycles. The summed E-state index contributed by atoms with van der Waals surface area (Å²) >= 11 is 0. The number of fused-ring (bicyclic) bond motifs is 6. The molecule has 4 aromatic heterocycles. The zero-order valence-electron chi connectivity index (χ0n) is 11.8. The van der Waals surface area contributed by atoms with Crippen molar-refractivity contribution in [3.63, 3.8) is 0 Å². The lowest BCUT2D eigenvalue weighted by Gasteiger charge is -2.00. The molecule has 108 valence electrons. The Morgan fingerprint density at radius 3 is 1.00 bits per heavy atom. The van der Waals surface area contributed by atoms with E-state index in [4.69, 9.17) is 0 Å². The standard InChI is InChI=1S/C16H10N2O4/c1-17-13(19)7-3-4-8(14(17)20)12-10-6-5-9(11(7)12)15(21)18(2)16(10)22/h3-6H,1-2H3. The van der Waals surface area contributed by atoms with Crippen molar-refractivity contribution in [2.45, 2.75) is 0 Å². The molecule has 0 saturated heterocycles. The highest BCUT2D eigenvalue weighted by Gasteiger charge is 2.18. The number of hydrogen-bond donors (Lipinski definition) is 0. The first-order chi connectivity index (χ1) is 10.4. The van der Waals surface area contributed by atoms with Gasteiger partial charge in [-0.25, -0.2) is 0 Å². The van der Waals surface area contributed by atoms with Crippen molar-refractivity contribution in [1.29, 1.82) is 0 Å². The van der Waals surface area contributed by atoms with Crippen LogP contribution in [0.3, 0.4) is 0 Å². The molecule has 4 bridgehead atoms. The molecule has 0 N–H and O–H groups in total. The normalized spacial score (nSPS) is 11.9. The smallest absolute Gasteiger partial charge is 0.261 e. The van der Waals surface area contributed by atoms with Crippen LogP contribution in [0.4, 0.5) is 0 Å². The highest BCUT2D eigenvalue weighted by Crippen LogP contribution is 2.28. The summed E-state index contributed by atoms with van der Waals surface area (Å²) in [4.78, 5) is 49.8. The van der Waals surface area contributed by atoms with Gasteiger partial charge in [-0.05, 0) is 24.3 Å². The Balaban J connectivity index is 2.72. The van der Waals surface area contributed by atoms with E-state index in [2.05, 4.69) is 0 Å². The van der Waals surface area contributed by atoms with Gasteiger partial charge in [0.25, 0.3) is 22.2 Å². The zero-order chi connectivity index (χ0) is 15.8. The summed E-state index contributed by atoms with van der Waals surface area (Å²) in [5.74, 6) is 0. The van der Waals surface area contributed by atoms with E-state index in [1.54, 1.807) is 0 Å². The predicted octanol–water partition coefficient (Wildman–Crippen LogP) is 0.140. The van der Waals surface area contributed by atoms with Crippen molar-refractivity contribution in [3.8, 4) is 0 Å². The second kappa shape index (κ2) is 3.79. The van der Waals surface area contributed by atoms with Gasteiger partial charge in [0.1, 0.15) is 0 Å². The Kier molecular flexibility index (Phi) is 2.19. The third kappa shape index (κ3) is 1.25. The molecule has 2 aromatic carbocycles. The Labute approximate surface area is 122 Å². The van der Waals surface area contributed by atoms with Crippen LogP contribution in [0.25, 0.3) is 32.3 Å². The fourth-order valence-electron chi connectivity index (χ4n) is 3.12. The van der Waals surface area contributed by atoms with Gasteiger partial charge in [0.2, 0.25) is 0 Å². The summed E-state index contributed by atoms with van der Waals surface area (Å²) in [7, 11) is 2.79. The summed E-state index contributed by atoms with van der Waals surface area (Å²) < 4.78 is 2.02. The van der Waals surface area contributed by atoms with Crippen molar-refractivity contribution >= 4 is 32.3 Å². The first-order valence-electron chi connectivity index (χ1n) is 6.68. The van der Waals surface area contributed by atoms with E-state index in [0.29, 0.717) is 10.8 Å². The van der Waals surface area contributed by atoms with E-state index in [0.717, 1.165) is 9.13 Å². The second-order valence-corrected chi connectivity index (χ2v) is 5.41. The molecule has 0 amide bonds. The Morgan fingerprint density at radius 2 is 0.773 bits per heavy atom. The van der Waals surface area contributed by atoms with E-state index in [1.165, 1.54) is 38.4 Å². The zero-order valence-corrected chi connectivity index (χ0v) is 11.8. The maximum absolute atomic E-state index is 12.4. The van der Waals surface area contributed by atoms with Crippen LogP contribution in [-0.2, 0) is 14.1 Å². The third-order valence-electron chi connectivity index (χ3n) is 4.30. The lowest BCUT2D eigenvalue weighted by molar-refractivity contribution is 0.845. The van der Waals surface area contributed by atoms with Crippen LogP contribution in [0, 0.1) is 0 Å². The van der Waals surface area contributed by atoms with E-state index in [9.17, 15) is 19.2 Å². The average Bonchev–Trinajstić information content (AvgIpc) is 2.78. The number of nitrogens with zero attached hydrogens (tertiary/aromatic N) is 2. The molecule has 6 heteroatoms. The van der Waals surface area contributed by atoms with Gasteiger partial charge in [-0.2, -0.15) is 0 Å². The molecule has 0 fully saturated rings. The molecule has 0 aliphatic rings. The van der Waals surface area contributed by atoms with Crippen molar-refractivity contribution < 1.29 is 0 Å². The highest BCUT2D eigenvalue weighted by molar-refractivity contribution is 6.22. The molecule has 6 nitrogen and oxygen atoms in total. The van der Waals surface area contributed by atoms with Crippen LogP contribution < -0.4 is 22.2 Å². The van der Waals surface area contributed by atoms with Gasteiger partial charge in [-0.15, -0.1) is 0 Å². The maximum atomic E-state index is 12.4. The Morgan fingerprint density at radius 1 is 0.545 bits per heavy atom. The number of aromatic nitrogens is 2. The molecule has 0 saturated carbocycles. The van der Waals surface area contributed by atoms with Crippen LogP contribution in [0.2, 0.25) is 0 Å². The molecule has 0 unspecified atom stereocenters. The fraction of sp³-hybridized carbons (Fsp3) is 0.125. The lowest BCUT2D eigenvalue weighted by atomic mass is 10.00. The molecule has 0 spiro atoms. The SMILES string of the molecule is Cn1c(=O)c2ccc(c1=O)c1c3ccc(c(=O)n(C)c3=O)c21. The summed E-state index contributed by atoms with van der Waals surface area (Å²) in [6, 6.07) is 6.16. The molecular weight excluding hydrogens is 284 g/mol. The third-order valence-corrected chi connectivity index (χ3v) is 4.30. The molecule has 4 heterocycles. The molecule has 0 atom stereocenters. The minimum absolute atomic E-state index is 0.264. The van der Waals surface area contributed by atoms with Crippen LogP contribution in [0.1, 0.15) is 0 Å². The monoisotopic (exact) mass is 294 g/mol. The molecule has 6 rings (SSSR count). The lowest BCUT2D eigenvalue weighted by Crippen LogP contribution is -2.27. The molecule has 0 radical (unpaired) electrons. The second-order valence-electron chi connectivity index (χ2n) is 5.41. The van der Waals surface area contributed by atoms with Gasteiger partial charge in [-0.1, -0.05) is 0 Å². The van der Waals surface area contributed by atoms with E-state index in [1.807, 2.05) is 0 Å². The van der Waals surface area contributed by atoms with Gasteiger partial charge in [-0.3, -0.25) is 28.3 Å². The first kappa shape index (κ1) is 12.7. The van der Waals surface area contributed by atoms with E-state index >= 15 is 0 Å². The summed E-state index contributed by atoms with van der Waals surface area (Å²) in [6.07, 6.45) is 0. The number of hydrogen-bond acceptors (Lipinski definition) is 4. The van der Waals surface area contributed by atoms with Crippen LogP contribution in [0.15, 0.2) is 43.4 Å². The van der Waals surface area contributed by atoms with Gasteiger partial charge in [0, 0.05) is 46.4 Å². The van der Waals surface area contributed by atoms with Gasteiger partial charge < -0.3 is 0 Å². The van der Waals surface area contributed by atoms with Gasteiger partial charge >= 0.3 is 0 Å². The highest BCUT2D eigenvalue weighted by atomic mass is 16.2. The molecule has 6 aromatic rings. The van der Waals surface area contributed by atoms with Crippen LogP contribution in [-0.4, -0.2) is 9.13 Å². The quantitative estimate of drug-likeness (QED) is 0.462. The first-order valence-corrected chi connectivity index (χ1v) is 6.68. The molecule has 22 heavy (non-hydrogen) atoms. The maximum Gasteiger partial charge on any atom is 0.261 e.